The maximum atomic E-state index is 13.6. The van der Waals surface area contributed by atoms with Crippen LogP contribution in [-0.2, 0) is 16.6 Å². The van der Waals surface area contributed by atoms with Crippen molar-refractivity contribution in [3.05, 3.63) is 116 Å². The summed E-state index contributed by atoms with van der Waals surface area (Å²) in [4.78, 5) is 12.9. The maximum absolute atomic E-state index is 13.6. The van der Waals surface area contributed by atoms with Gasteiger partial charge in [0.05, 0.1) is 21.2 Å². The number of rotatable bonds is 8. The summed E-state index contributed by atoms with van der Waals surface area (Å²) in [5, 5.41) is 3.31. The molecule has 0 aliphatic rings. The predicted octanol–water partition coefficient (Wildman–Crippen LogP) is 7.42. The second-order valence-corrected chi connectivity index (χ2v) is 11.1. The van der Waals surface area contributed by atoms with Crippen LogP contribution in [0.4, 0.5) is 10.1 Å². The van der Waals surface area contributed by atoms with Gasteiger partial charge in [-0.2, -0.15) is 0 Å². The summed E-state index contributed by atoms with van der Waals surface area (Å²) >= 11 is 15.5. The first kappa shape index (κ1) is 26.9. The van der Waals surface area contributed by atoms with Crippen molar-refractivity contribution < 1.29 is 22.3 Å². The Hall–Kier alpha value is -3.11. The van der Waals surface area contributed by atoms with Crippen LogP contribution >= 0.6 is 39.1 Å². The Bertz CT molecular complexity index is 1570. The van der Waals surface area contributed by atoms with Crippen molar-refractivity contribution in [2.75, 3.05) is 4.72 Å². The smallest absolute Gasteiger partial charge is 0.261 e. The van der Waals surface area contributed by atoms with E-state index in [9.17, 15) is 17.6 Å². The molecule has 0 saturated heterocycles. The molecule has 0 spiro atoms. The van der Waals surface area contributed by atoms with Gasteiger partial charge in [-0.15, -0.1) is 0 Å². The van der Waals surface area contributed by atoms with E-state index in [1.54, 1.807) is 24.3 Å². The van der Waals surface area contributed by atoms with Gasteiger partial charge in [-0.3, -0.25) is 9.52 Å². The van der Waals surface area contributed by atoms with E-state index in [2.05, 4.69) is 26.0 Å². The van der Waals surface area contributed by atoms with E-state index < -0.39 is 21.7 Å². The van der Waals surface area contributed by atoms with Gasteiger partial charge in [0, 0.05) is 16.0 Å². The molecule has 0 aromatic heterocycles. The van der Waals surface area contributed by atoms with Gasteiger partial charge in [-0.05, 0) is 78.4 Å². The van der Waals surface area contributed by atoms with Crippen molar-refractivity contribution >= 4 is 60.7 Å². The number of sulfonamides is 1. The third-order valence-electron chi connectivity index (χ3n) is 5.12. The van der Waals surface area contributed by atoms with Crippen LogP contribution in [0.3, 0.4) is 0 Å². The maximum Gasteiger partial charge on any atom is 0.261 e. The molecular formula is C26H18BrCl2FN2O4S. The molecule has 4 aromatic carbocycles. The van der Waals surface area contributed by atoms with Gasteiger partial charge in [-0.25, -0.2) is 12.8 Å². The molecule has 0 aliphatic heterocycles. The highest BCUT2D eigenvalue weighted by Gasteiger charge is 2.20. The van der Waals surface area contributed by atoms with E-state index >= 15 is 0 Å². The molecule has 0 atom stereocenters. The standard InChI is InChI=1S/C26H18BrCl2FN2O4S/c27-22-11-6-18(30)13-16(22)15-31-26(33)21-14-17(28)5-12-24(21)32-37(34,35)20-9-7-19(8-10-20)36-25-4-2-1-3-23(25)29/h1-14,32H,15H2,(H,31,33). The summed E-state index contributed by atoms with van der Waals surface area (Å²) in [5.74, 6) is -0.228. The molecule has 0 fully saturated rings. The van der Waals surface area contributed by atoms with E-state index in [1.165, 1.54) is 60.7 Å². The summed E-state index contributed by atoms with van der Waals surface area (Å²) in [6, 6.07) is 20.9. The summed E-state index contributed by atoms with van der Waals surface area (Å²) in [6.45, 7) is 0.00275. The Morgan fingerprint density at radius 3 is 2.41 bits per heavy atom. The van der Waals surface area contributed by atoms with E-state index in [4.69, 9.17) is 27.9 Å². The predicted molar refractivity (Wildman–Crippen MR) is 145 cm³/mol. The van der Waals surface area contributed by atoms with E-state index in [0.29, 0.717) is 26.6 Å². The molecule has 11 heteroatoms. The highest BCUT2D eigenvalue weighted by atomic mass is 79.9. The molecule has 0 unspecified atom stereocenters. The lowest BCUT2D eigenvalue weighted by Gasteiger charge is -2.14. The molecule has 6 nitrogen and oxygen atoms in total. The zero-order valence-electron chi connectivity index (χ0n) is 18.8. The van der Waals surface area contributed by atoms with Crippen LogP contribution in [0.1, 0.15) is 15.9 Å². The van der Waals surface area contributed by atoms with E-state index in [0.717, 1.165) is 0 Å². The number of hydrogen-bond donors (Lipinski definition) is 2. The number of nitrogens with one attached hydrogen (secondary N) is 2. The average molecular weight is 624 g/mol. The quantitative estimate of drug-likeness (QED) is 0.214. The van der Waals surface area contributed by atoms with Crippen molar-refractivity contribution in [1.82, 2.24) is 5.32 Å². The molecule has 0 saturated carbocycles. The Morgan fingerprint density at radius 2 is 1.68 bits per heavy atom. The van der Waals surface area contributed by atoms with E-state index in [1.807, 2.05) is 0 Å². The first-order valence-electron chi connectivity index (χ1n) is 10.7. The minimum atomic E-state index is -4.07. The van der Waals surface area contributed by atoms with Crippen LogP contribution in [0, 0.1) is 5.82 Å². The monoisotopic (exact) mass is 622 g/mol. The van der Waals surface area contributed by atoms with Crippen molar-refractivity contribution in [3.8, 4) is 11.5 Å². The van der Waals surface area contributed by atoms with Gasteiger partial charge in [0.25, 0.3) is 15.9 Å². The Kier molecular flexibility index (Phi) is 8.39. The number of anilines is 1. The number of amides is 1. The fourth-order valence-electron chi connectivity index (χ4n) is 3.29. The minimum Gasteiger partial charge on any atom is -0.456 e. The normalized spacial score (nSPS) is 11.1. The minimum absolute atomic E-state index is 0.00211. The lowest BCUT2D eigenvalue weighted by atomic mass is 10.1. The summed E-state index contributed by atoms with van der Waals surface area (Å²) in [5.41, 5.74) is 0.537. The lowest BCUT2D eigenvalue weighted by molar-refractivity contribution is 0.0951. The lowest BCUT2D eigenvalue weighted by Crippen LogP contribution is -2.25. The zero-order valence-corrected chi connectivity index (χ0v) is 22.8. The average Bonchev–Trinajstić information content (AvgIpc) is 2.87. The first-order chi connectivity index (χ1) is 17.6. The molecule has 37 heavy (non-hydrogen) atoms. The van der Waals surface area contributed by atoms with Crippen LogP contribution in [-0.4, -0.2) is 14.3 Å². The molecule has 0 bridgehead atoms. The van der Waals surface area contributed by atoms with Crippen LogP contribution in [0.25, 0.3) is 0 Å². The molecule has 0 radical (unpaired) electrons. The molecule has 4 aromatic rings. The highest BCUT2D eigenvalue weighted by molar-refractivity contribution is 9.10. The molecule has 0 heterocycles. The number of ether oxygens (including phenoxy) is 1. The molecule has 0 aliphatic carbocycles. The van der Waals surface area contributed by atoms with Crippen molar-refractivity contribution in [2.24, 2.45) is 0 Å². The Balaban J connectivity index is 1.51. The molecule has 4 rings (SSSR count). The number of hydrogen-bond acceptors (Lipinski definition) is 4. The summed E-state index contributed by atoms with van der Waals surface area (Å²) in [7, 11) is -4.07. The van der Waals surface area contributed by atoms with E-state index in [-0.39, 0.29) is 27.7 Å². The molecule has 190 valence electrons. The van der Waals surface area contributed by atoms with Gasteiger partial charge < -0.3 is 10.1 Å². The SMILES string of the molecule is O=C(NCc1cc(F)ccc1Br)c1cc(Cl)ccc1NS(=O)(=O)c1ccc(Oc2ccccc2Cl)cc1. The van der Waals surface area contributed by atoms with Crippen molar-refractivity contribution in [2.45, 2.75) is 11.4 Å². The molecule has 2 N–H and O–H groups in total. The molecule has 1 amide bonds. The fraction of sp³-hybridized carbons (Fsp3) is 0.0385. The third kappa shape index (κ3) is 6.81. The van der Waals surface area contributed by atoms with Crippen molar-refractivity contribution in [1.29, 1.82) is 0 Å². The Morgan fingerprint density at radius 1 is 0.946 bits per heavy atom. The molecular weight excluding hydrogens is 606 g/mol. The number of benzene rings is 4. The highest BCUT2D eigenvalue weighted by Crippen LogP contribution is 2.30. The topological polar surface area (TPSA) is 84.5 Å². The van der Waals surface area contributed by atoms with Gasteiger partial charge in [0.1, 0.15) is 17.3 Å². The summed E-state index contributed by atoms with van der Waals surface area (Å²) in [6.07, 6.45) is 0. The van der Waals surface area contributed by atoms with Gasteiger partial charge >= 0.3 is 0 Å². The van der Waals surface area contributed by atoms with Crippen LogP contribution < -0.4 is 14.8 Å². The number of para-hydroxylation sites is 1. The van der Waals surface area contributed by atoms with Gasteiger partial charge in [-0.1, -0.05) is 51.3 Å². The van der Waals surface area contributed by atoms with Crippen LogP contribution in [0.2, 0.25) is 10.0 Å². The number of halogens is 4. The zero-order chi connectivity index (χ0) is 26.6. The third-order valence-corrected chi connectivity index (χ3v) is 7.82. The van der Waals surface area contributed by atoms with Crippen LogP contribution in [0.15, 0.2) is 94.3 Å². The van der Waals surface area contributed by atoms with Gasteiger partial charge in [0.2, 0.25) is 0 Å². The Labute approximate surface area is 231 Å². The number of carbonyl (C=O) groups excluding carboxylic acids is 1. The first-order valence-corrected chi connectivity index (χ1v) is 13.7. The summed E-state index contributed by atoms with van der Waals surface area (Å²) < 4.78 is 48.4. The van der Waals surface area contributed by atoms with Crippen molar-refractivity contribution in [3.63, 3.8) is 0 Å². The number of carbonyl (C=O) groups is 1. The second-order valence-electron chi connectivity index (χ2n) is 7.72. The second kappa shape index (κ2) is 11.5. The fourth-order valence-corrected chi connectivity index (χ4v) is 5.10. The van der Waals surface area contributed by atoms with Crippen LogP contribution in [0.5, 0.6) is 11.5 Å². The van der Waals surface area contributed by atoms with Gasteiger partial charge in [0.15, 0.2) is 0 Å². The largest absolute Gasteiger partial charge is 0.456 e.